The van der Waals surface area contributed by atoms with Gasteiger partial charge in [-0.05, 0) is 48.5 Å². The van der Waals surface area contributed by atoms with Crippen molar-refractivity contribution in [3.8, 4) is 11.3 Å². The molecule has 9 heteroatoms. The van der Waals surface area contributed by atoms with Gasteiger partial charge in [0, 0.05) is 21.1 Å². The molecule has 0 unspecified atom stereocenters. The minimum absolute atomic E-state index is 0.154. The number of anilines is 1. The van der Waals surface area contributed by atoms with Crippen LogP contribution in [-0.2, 0) is 15.7 Å². The minimum Gasteiger partial charge on any atom is -0.452 e. The summed E-state index contributed by atoms with van der Waals surface area (Å²) in [5.74, 6) is -1.40. The summed E-state index contributed by atoms with van der Waals surface area (Å²) in [6.07, 6.45) is -4.47. The number of pyridine rings is 1. The standard InChI is InChI=1S/C25H16BrF3N2O3/c26-17-9-5-15(6-10-17)22-13-20(19-3-1-2-4-21(19)31-22)24(33)34-14-23(32)30-18-11-7-16(8-12-18)25(27,28)29/h1-13H,14H2,(H,30,32). The number of benzene rings is 3. The average molecular weight is 529 g/mol. The third kappa shape index (κ3) is 5.43. The van der Waals surface area contributed by atoms with Crippen LogP contribution < -0.4 is 5.32 Å². The van der Waals surface area contributed by atoms with Crippen LogP contribution in [0.4, 0.5) is 18.9 Å². The molecule has 0 bridgehead atoms. The summed E-state index contributed by atoms with van der Waals surface area (Å²) in [4.78, 5) is 29.6. The molecule has 0 aliphatic heterocycles. The molecule has 0 spiro atoms. The Morgan fingerprint density at radius 2 is 1.62 bits per heavy atom. The number of hydrogen-bond donors (Lipinski definition) is 1. The summed E-state index contributed by atoms with van der Waals surface area (Å²) in [5, 5.41) is 2.97. The molecule has 0 aliphatic rings. The van der Waals surface area contributed by atoms with Crippen LogP contribution in [0.2, 0.25) is 0 Å². The number of rotatable bonds is 5. The molecule has 5 nitrogen and oxygen atoms in total. The lowest BCUT2D eigenvalue weighted by Crippen LogP contribution is -2.21. The molecule has 172 valence electrons. The number of hydrogen-bond acceptors (Lipinski definition) is 4. The lowest BCUT2D eigenvalue weighted by Gasteiger charge is -2.11. The van der Waals surface area contributed by atoms with Crippen LogP contribution in [0, 0.1) is 0 Å². The molecule has 3 aromatic carbocycles. The number of amides is 1. The lowest BCUT2D eigenvalue weighted by atomic mass is 10.0. The molecule has 0 aliphatic carbocycles. The Hall–Kier alpha value is -3.72. The fraction of sp³-hybridized carbons (Fsp3) is 0.0800. The molecule has 0 saturated carbocycles. The predicted octanol–water partition coefficient (Wildman–Crippen LogP) is 6.48. The highest BCUT2D eigenvalue weighted by Gasteiger charge is 2.30. The van der Waals surface area contributed by atoms with E-state index < -0.39 is 30.2 Å². The van der Waals surface area contributed by atoms with Crippen LogP contribution in [0.1, 0.15) is 15.9 Å². The number of fused-ring (bicyclic) bond motifs is 1. The molecule has 0 radical (unpaired) electrons. The van der Waals surface area contributed by atoms with Crippen molar-refractivity contribution in [3.63, 3.8) is 0 Å². The molecule has 0 saturated heterocycles. The number of ether oxygens (including phenoxy) is 1. The van der Waals surface area contributed by atoms with Gasteiger partial charge in [0.1, 0.15) is 0 Å². The van der Waals surface area contributed by atoms with E-state index in [0.29, 0.717) is 16.6 Å². The van der Waals surface area contributed by atoms with Crippen LogP contribution in [0.25, 0.3) is 22.2 Å². The van der Waals surface area contributed by atoms with Gasteiger partial charge in [-0.3, -0.25) is 4.79 Å². The number of para-hydroxylation sites is 1. The maximum Gasteiger partial charge on any atom is 0.416 e. The monoisotopic (exact) mass is 528 g/mol. The third-order valence-corrected chi connectivity index (χ3v) is 5.44. The topological polar surface area (TPSA) is 68.3 Å². The van der Waals surface area contributed by atoms with Crippen LogP contribution in [-0.4, -0.2) is 23.5 Å². The normalized spacial score (nSPS) is 11.3. The number of carbonyl (C=O) groups is 2. The van der Waals surface area contributed by atoms with Crippen molar-refractivity contribution in [2.75, 3.05) is 11.9 Å². The van der Waals surface area contributed by atoms with Gasteiger partial charge in [0.05, 0.1) is 22.3 Å². The Morgan fingerprint density at radius 3 is 2.29 bits per heavy atom. The number of carbonyl (C=O) groups excluding carboxylic acids is 2. The predicted molar refractivity (Wildman–Crippen MR) is 125 cm³/mol. The van der Waals surface area contributed by atoms with Gasteiger partial charge in [0.25, 0.3) is 5.91 Å². The maximum absolute atomic E-state index is 12.8. The van der Waals surface area contributed by atoms with Crippen molar-refractivity contribution >= 4 is 44.4 Å². The van der Waals surface area contributed by atoms with Crippen molar-refractivity contribution in [2.45, 2.75) is 6.18 Å². The number of aromatic nitrogens is 1. The molecule has 4 aromatic rings. The quantitative estimate of drug-likeness (QED) is 0.301. The first-order valence-electron chi connectivity index (χ1n) is 10.0. The summed E-state index contributed by atoms with van der Waals surface area (Å²) in [6.45, 7) is -0.607. The average Bonchev–Trinajstić information content (AvgIpc) is 2.82. The highest BCUT2D eigenvalue weighted by Crippen LogP contribution is 2.30. The van der Waals surface area contributed by atoms with Gasteiger partial charge >= 0.3 is 12.1 Å². The van der Waals surface area contributed by atoms with Gasteiger partial charge in [0.2, 0.25) is 0 Å². The Bertz CT molecular complexity index is 1350. The van der Waals surface area contributed by atoms with Crippen LogP contribution in [0.15, 0.2) is 83.3 Å². The van der Waals surface area contributed by atoms with Gasteiger partial charge in [0.15, 0.2) is 6.61 Å². The van der Waals surface area contributed by atoms with Crippen LogP contribution in [0.5, 0.6) is 0 Å². The summed E-state index contributed by atoms with van der Waals surface area (Å²) < 4.78 is 44.1. The maximum atomic E-state index is 12.8. The summed E-state index contributed by atoms with van der Waals surface area (Å²) in [7, 11) is 0. The largest absolute Gasteiger partial charge is 0.452 e. The van der Waals surface area contributed by atoms with Crippen molar-refractivity contribution in [1.29, 1.82) is 0 Å². The first-order valence-corrected chi connectivity index (χ1v) is 10.8. The molecule has 1 N–H and O–H groups in total. The smallest absolute Gasteiger partial charge is 0.416 e. The second-order valence-electron chi connectivity index (χ2n) is 7.28. The van der Waals surface area contributed by atoms with Crippen molar-refractivity contribution in [2.24, 2.45) is 0 Å². The highest BCUT2D eigenvalue weighted by atomic mass is 79.9. The van der Waals surface area contributed by atoms with E-state index in [9.17, 15) is 22.8 Å². The molecular weight excluding hydrogens is 513 g/mol. The van der Waals surface area contributed by atoms with E-state index in [2.05, 4.69) is 26.2 Å². The number of nitrogens with zero attached hydrogens (tertiary/aromatic N) is 1. The molecule has 4 rings (SSSR count). The molecule has 34 heavy (non-hydrogen) atoms. The molecule has 0 fully saturated rings. The summed E-state index contributed by atoms with van der Waals surface area (Å²) in [6, 6.07) is 20.0. The molecule has 1 amide bonds. The zero-order valence-electron chi connectivity index (χ0n) is 17.4. The molecule has 1 aromatic heterocycles. The second-order valence-corrected chi connectivity index (χ2v) is 8.19. The molecule has 0 atom stereocenters. The number of nitrogens with one attached hydrogen (secondary N) is 1. The van der Waals surface area contributed by atoms with Crippen molar-refractivity contribution < 1.29 is 27.5 Å². The fourth-order valence-electron chi connectivity index (χ4n) is 3.26. The summed E-state index contributed by atoms with van der Waals surface area (Å²) >= 11 is 3.38. The Morgan fingerprint density at radius 1 is 0.941 bits per heavy atom. The van der Waals surface area contributed by atoms with Crippen molar-refractivity contribution in [1.82, 2.24) is 4.98 Å². The van der Waals surface area contributed by atoms with E-state index in [0.717, 1.165) is 34.3 Å². The first kappa shape index (κ1) is 23.4. The zero-order valence-corrected chi connectivity index (χ0v) is 19.0. The summed E-state index contributed by atoms with van der Waals surface area (Å²) in [5.41, 5.74) is 1.51. The van der Waals surface area contributed by atoms with Gasteiger partial charge in [-0.25, -0.2) is 9.78 Å². The van der Waals surface area contributed by atoms with Crippen LogP contribution in [0.3, 0.4) is 0 Å². The van der Waals surface area contributed by atoms with Crippen LogP contribution >= 0.6 is 15.9 Å². The van der Waals surface area contributed by atoms with Gasteiger partial charge in [-0.1, -0.05) is 46.3 Å². The lowest BCUT2D eigenvalue weighted by molar-refractivity contribution is -0.137. The Balaban J connectivity index is 1.50. The number of esters is 1. The third-order valence-electron chi connectivity index (χ3n) is 4.91. The zero-order chi connectivity index (χ0) is 24.3. The van der Waals surface area contributed by atoms with E-state index >= 15 is 0 Å². The van der Waals surface area contributed by atoms with Gasteiger partial charge in [-0.15, -0.1) is 0 Å². The Kier molecular flexibility index (Phi) is 6.65. The van der Waals surface area contributed by atoms with Gasteiger partial charge < -0.3 is 10.1 Å². The van der Waals surface area contributed by atoms with Gasteiger partial charge in [-0.2, -0.15) is 13.2 Å². The highest BCUT2D eigenvalue weighted by molar-refractivity contribution is 9.10. The van der Waals surface area contributed by atoms with E-state index in [1.54, 1.807) is 30.3 Å². The molecule has 1 heterocycles. The van der Waals surface area contributed by atoms with E-state index in [1.165, 1.54) is 0 Å². The Labute approximate surface area is 200 Å². The number of halogens is 4. The SMILES string of the molecule is O=C(COC(=O)c1cc(-c2ccc(Br)cc2)nc2ccccc12)Nc1ccc(C(F)(F)F)cc1. The van der Waals surface area contributed by atoms with E-state index in [-0.39, 0.29) is 11.3 Å². The molecular formula is C25H16BrF3N2O3. The van der Waals surface area contributed by atoms with E-state index in [4.69, 9.17) is 4.74 Å². The van der Waals surface area contributed by atoms with Crippen molar-refractivity contribution in [3.05, 3.63) is 94.5 Å². The number of alkyl halides is 3. The van der Waals surface area contributed by atoms with E-state index in [1.807, 2.05) is 24.3 Å². The minimum atomic E-state index is -4.47. The second kappa shape index (κ2) is 9.64. The first-order chi connectivity index (χ1) is 16.2. The fourth-order valence-corrected chi connectivity index (χ4v) is 3.53.